The van der Waals surface area contributed by atoms with Crippen molar-refractivity contribution < 1.29 is 13.3 Å². The van der Waals surface area contributed by atoms with Gasteiger partial charge in [-0.15, -0.1) is 11.3 Å². The highest BCUT2D eigenvalue weighted by atomic mass is 35.5. The van der Waals surface area contributed by atoms with Crippen LogP contribution >= 0.6 is 22.9 Å². The first-order chi connectivity index (χ1) is 11.1. The summed E-state index contributed by atoms with van der Waals surface area (Å²) in [6.07, 6.45) is -0.845. The summed E-state index contributed by atoms with van der Waals surface area (Å²) >= 11 is 7.58. The van der Waals surface area contributed by atoms with Crippen LogP contribution in [0.4, 0.5) is 8.78 Å². The Morgan fingerprint density at radius 1 is 1.43 bits per heavy atom. The molecule has 23 heavy (non-hydrogen) atoms. The molecule has 9 heteroatoms. The van der Waals surface area contributed by atoms with Crippen molar-refractivity contribution in [1.82, 2.24) is 19.9 Å². The van der Waals surface area contributed by atoms with E-state index in [1.807, 2.05) is 17.5 Å². The average molecular weight is 357 g/mol. The van der Waals surface area contributed by atoms with Gasteiger partial charge in [0.25, 0.3) is 6.43 Å². The van der Waals surface area contributed by atoms with Gasteiger partial charge in [-0.25, -0.2) is 8.78 Å². The van der Waals surface area contributed by atoms with Crippen LogP contribution in [0.1, 0.15) is 42.5 Å². The Bertz CT molecular complexity index is 826. The minimum atomic E-state index is -2.70. The molecule has 0 saturated heterocycles. The molecule has 5 nitrogen and oxygen atoms in total. The van der Waals surface area contributed by atoms with E-state index >= 15 is 0 Å². The summed E-state index contributed by atoms with van der Waals surface area (Å²) in [5.74, 6) is 0.979. The largest absolute Gasteiger partial charge is 0.337 e. The highest BCUT2D eigenvalue weighted by Gasteiger charge is 2.34. The van der Waals surface area contributed by atoms with Crippen LogP contribution in [0.2, 0.25) is 5.02 Å². The molecule has 0 aliphatic heterocycles. The van der Waals surface area contributed by atoms with E-state index in [1.54, 1.807) is 0 Å². The molecule has 3 heterocycles. The number of thiophene rings is 1. The summed E-state index contributed by atoms with van der Waals surface area (Å²) in [6, 6.07) is 3.78. The normalized spacial score (nSPS) is 14.8. The molecule has 120 valence electrons. The quantitative estimate of drug-likeness (QED) is 0.674. The molecule has 3 aromatic heterocycles. The fourth-order valence-corrected chi connectivity index (χ4v) is 3.45. The molecule has 1 aliphatic rings. The molecule has 1 saturated carbocycles. The fourth-order valence-electron chi connectivity index (χ4n) is 2.43. The Hall–Kier alpha value is -1.80. The van der Waals surface area contributed by atoms with Crippen LogP contribution in [0, 0.1) is 0 Å². The van der Waals surface area contributed by atoms with E-state index in [0.717, 1.165) is 17.7 Å². The maximum Gasteiger partial charge on any atom is 0.283 e. The summed E-state index contributed by atoms with van der Waals surface area (Å²) < 4.78 is 32.7. The number of hydrogen-bond acceptors (Lipinski definition) is 5. The molecule has 3 aromatic rings. The Morgan fingerprint density at radius 3 is 2.91 bits per heavy atom. The summed E-state index contributed by atoms with van der Waals surface area (Å²) in [6.45, 7) is 0.136. The second-order valence-corrected chi connectivity index (χ2v) is 6.63. The van der Waals surface area contributed by atoms with Crippen molar-refractivity contribution >= 4 is 22.9 Å². The number of nitrogens with zero attached hydrogens (tertiary/aromatic N) is 4. The van der Waals surface area contributed by atoms with Crippen LogP contribution < -0.4 is 0 Å². The number of alkyl halides is 2. The topological polar surface area (TPSA) is 56.7 Å². The second kappa shape index (κ2) is 5.68. The van der Waals surface area contributed by atoms with Crippen molar-refractivity contribution in [3.63, 3.8) is 0 Å². The molecular formula is C14H11ClF2N4OS. The summed E-state index contributed by atoms with van der Waals surface area (Å²) in [5, 5.41) is 9.83. The van der Waals surface area contributed by atoms with Crippen molar-refractivity contribution in [2.45, 2.75) is 31.7 Å². The highest BCUT2D eigenvalue weighted by molar-refractivity contribution is 7.13. The molecule has 0 radical (unpaired) electrons. The third-order valence-corrected chi connectivity index (χ3v) is 4.87. The maximum atomic E-state index is 13.0. The van der Waals surface area contributed by atoms with E-state index < -0.39 is 6.43 Å². The zero-order valence-corrected chi connectivity index (χ0v) is 13.3. The predicted molar refractivity (Wildman–Crippen MR) is 80.9 cm³/mol. The van der Waals surface area contributed by atoms with Gasteiger partial charge in [-0.3, -0.25) is 4.68 Å². The number of halogens is 3. The minimum absolute atomic E-state index is 0.0560. The van der Waals surface area contributed by atoms with Crippen LogP contribution in [-0.2, 0) is 6.54 Å². The van der Waals surface area contributed by atoms with Gasteiger partial charge < -0.3 is 4.52 Å². The van der Waals surface area contributed by atoms with Crippen LogP contribution in [0.3, 0.4) is 0 Å². The lowest BCUT2D eigenvalue weighted by Gasteiger charge is -2.03. The maximum absolute atomic E-state index is 13.0. The van der Waals surface area contributed by atoms with Gasteiger partial charge in [-0.1, -0.05) is 22.8 Å². The Balaban J connectivity index is 1.65. The monoisotopic (exact) mass is 356 g/mol. The standard InChI is InChI=1S/C14H11ClF2N4OS/c15-10-11(13(16)17)19-21(12(10)7-3-4-7)6-9-18-14(20-22-9)8-2-1-5-23-8/h1-2,5,7,13H,3-4,6H2. The fraction of sp³-hybridized carbons (Fsp3) is 0.357. The molecule has 0 N–H and O–H groups in total. The smallest absolute Gasteiger partial charge is 0.283 e. The molecule has 0 atom stereocenters. The van der Waals surface area contributed by atoms with Crippen molar-refractivity contribution in [2.24, 2.45) is 0 Å². The Labute approximate surface area is 138 Å². The van der Waals surface area contributed by atoms with E-state index in [1.165, 1.54) is 16.0 Å². The zero-order chi connectivity index (χ0) is 16.0. The second-order valence-electron chi connectivity index (χ2n) is 5.31. The van der Waals surface area contributed by atoms with Gasteiger partial charge in [0.2, 0.25) is 11.7 Å². The Kier molecular flexibility index (Phi) is 3.65. The summed E-state index contributed by atoms with van der Waals surface area (Å²) in [7, 11) is 0. The van der Waals surface area contributed by atoms with Crippen LogP contribution in [0.15, 0.2) is 22.0 Å². The third-order valence-electron chi connectivity index (χ3n) is 3.62. The first-order valence-corrected chi connectivity index (χ1v) is 8.30. The first kappa shape index (κ1) is 14.8. The van der Waals surface area contributed by atoms with Gasteiger partial charge >= 0.3 is 0 Å². The number of hydrogen-bond donors (Lipinski definition) is 0. The van der Waals surface area contributed by atoms with Crippen LogP contribution in [0.25, 0.3) is 10.7 Å². The van der Waals surface area contributed by atoms with Gasteiger partial charge in [-0.2, -0.15) is 10.1 Å². The molecular weight excluding hydrogens is 346 g/mol. The van der Waals surface area contributed by atoms with E-state index in [9.17, 15) is 8.78 Å². The zero-order valence-electron chi connectivity index (χ0n) is 11.7. The van der Waals surface area contributed by atoms with Gasteiger partial charge in [0, 0.05) is 5.92 Å². The highest BCUT2D eigenvalue weighted by Crippen LogP contribution is 2.45. The SMILES string of the molecule is FC(F)c1nn(Cc2nc(-c3cccs3)no2)c(C2CC2)c1Cl. The van der Waals surface area contributed by atoms with Gasteiger partial charge in [-0.05, 0) is 24.3 Å². The van der Waals surface area contributed by atoms with Gasteiger partial charge in [0.05, 0.1) is 15.6 Å². The molecule has 0 aromatic carbocycles. The lowest BCUT2D eigenvalue weighted by Crippen LogP contribution is -2.06. The molecule has 1 fully saturated rings. The lowest BCUT2D eigenvalue weighted by molar-refractivity contribution is 0.145. The molecule has 4 rings (SSSR count). The number of rotatable bonds is 5. The molecule has 0 bridgehead atoms. The third kappa shape index (κ3) is 2.76. The van der Waals surface area contributed by atoms with Crippen molar-refractivity contribution in [3.8, 4) is 10.7 Å². The lowest BCUT2D eigenvalue weighted by atomic mass is 10.2. The van der Waals surface area contributed by atoms with Crippen LogP contribution in [0.5, 0.6) is 0 Å². The van der Waals surface area contributed by atoms with E-state index in [4.69, 9.17) is 16.1 Å². The van der Waals surface area contributed by atoms with Gasteiger partial charge in [0.15, 0.2) is 0 Å². The van der Waals surface area contributed by atoms with Gasteiger partial charge in [0.1, 0.15) is 12.2 Å². The van der Waals surface area contributed by atoms with Crippen molar-refractivity contribution in [2.75, 3.05) is 0 Å². The van der Waals surface area contributed by atoms with E-state index in [2.05, 4.69) is 15.2 Å². The molecule has 0 amide bonds. The van der Waals surface area contributed by atoms with Crippen molar-refractivity contribution in [1.29, 1.82) is 0 Å². The van der Waals surface area contributed by atoms with Crippen LogP contribution in [-0.4, -0.2) is 19.9 Å². The van der Waals surface area contributed by atoms with E-state index in [0.29, 0.717) is 17.4 Å². The first-order valence-electron chi connectivity index (χ1n) is 7.04. The minimum Gasteiger partial charge on any atom is -0.337 e. The molecule has 0 spiro atoms. The predicted octanol–water partition coefficient (Wildman–Crippen LogP) is 4.51. The molecule has 0 unspecified atom stereocenters. The van der Waals surface area contributed by atoms with Crippen molar-refractivity contribution in [3.05, 3.63) is 39.8 Å². The molecule has 1 aliphatic carbocycles. The summed E-state index contributed by atoms with van der Waals surface area (Å²) in [5.41, 5.74) is 0.254. The number of aromatic nitrogens is 4. The average Bonchev–Trinajstić information content (AvgIpc) is 2.93. The van der Waals surface area contributed by atoms with E-state index in [-0.39, 0.29) is 23.2 Å². The summed E-state index contributed by atoms with van der Waals surface area (Å²) in [4.78, 5) is 5.18. The Morgan fingerprint density at radius 2 is 2.26 bits per heavy atom.